The molecule has 0 spiro atoms. The number of carbonyl (C=O) groups excluding carboxylic acids is 2. The lowest BCUT2D eigenvalue weighted by Gasteiger charge is -2.08. The molecule has 0 radical (unpaired) electrons. The van der Waals surface area contributed by atoms with Crippen molar-refractivity contribution in [2.24, 2.45) is 7.05 Å². The largest absolute Gasteiger partial charge is 0.496 e. The molecule has 0 aliphatic heterocycles. The van der Waals surface area contributed by atoms with E-state index in [0.717, 1.165) is 10.0 Å². The molecule has 5 nitrogen and oxygen atoms in total. The van der Waals surface area contributed by atoms with Crippen molar-refractivity contribution in [1.82, 2.24) is 4.57 Å². The van der Waals surface area contributed by atoms with E-state index in [0.29, 0.717) is 17.0 Å². The fourth-order valence-electron chi connectivity index (χ4n) is 1.98. The summed E-state index contributed by atoms with van der Waals surface area (Å²) in [7, 11) is 3.29. The molecular weight excluding hydrogens is 350 g/mol. The van der Waals surface area contributed by atoms with Gasteiger partial charge >= 0.3 is 5.97 Å². The first-order valence-corrected chi connectivity index (χ1v) is 7.38. The molecule has 22 heavy (non-hydrogen) atoms. The molecule has 0 atom stereocenters. The second-order valence-corrected chi connectivity index (χ2v) is 5.68. The minimum Gasteiger partial charge on any atom is -0.496 e. The van der Waals surface area contributed by atoms with Gasteiger partial charge in [-0.05, 0) is 46.6 Å². The molecule has 0 fully saturated rings. The molecule has 0 saturated carbocycles. The van der Waals surface area contributed by atoms with E-state index in [9.17, 15) is 9.59 Å². The normalized spacial score (nSPS) is 10.4. The minimum atomic E-state index is -0.470. The van der Waals surface area contributed by atoms with Gasteiger partial charge in [0.05, 0.1) is 11.6 Å². The van der Waals surface area contributed by atoms with Crippen molar-refractivity contribution in [2.45, 2.75) is 13.5 Å². The number of aromatic nitrogens is 1. The smallest absolute Gasteiger partial charge is 0.355 e. The summed E-state index contributed by atoms with van der Waals surface area (Å²) in [6, 6.07) is 6.99. The van der Waals surface area contributed by atoms with E-state index in [1.54, 1.807) is 31.0 Å². The SMILES string of the molecule is COc1ccc(COC(=O)c2cc(C(C)=O)cn2C)cc1Br. The number of Topliss-reactive ketones (excluding diaryl/α,β-unsaturated/α-hetero) is 1. The average molecular weight is 366 g/mol. The Kier molecular flexibility index (Phi) is 5.03. The highest BCUT2D eigenvalue weighted by Gasteiger charge is 2.15. The Hall–Kier alpha value is -2.08. The predicted molar refractivity (Wildman–Crippen MR) is 85.2 cm³/mol. The molecule has 1 heterocycles. The molecule has 0 amide bonds. The highest BCUT2D eigenvalue weighted by molar-refractivity contribution is 9.10. The third-order valence-corrected chi connectivity index (χ3v) is 3.83. The molecule has 1 aromatic carbocycles. The molecule has 116 valence electrons. The van der Waals surface area contributed by atoms with Gasteiger partial charge in [0, 0.05) is 18.8 Å². The van der Waals surface area contributed by atoms with Crippen LogP contribution in [0.2, 0.25) is 0 Å². The van der Waals surface area contributed by atoms with E-state index in [2.05, 4.69) is 15.9 Å². The average Bonchev–Trinajstić information content (AvgIpc) is 2.87. The fourth-order valence-corrected chi connectivity index (χ4v) is 2.57. The summed E-state index contributed by atoms with van der Waals surface area (Å²) in [4.78, 5) is 23.4. The van der Waals surface area contributed by atoms with E-state index in [4.69, 9.17) is 9.47 Å². The van der Waals surface area contributed by atoms with Crippen LogP contribution >= 0.6 is 15.9 Å². The van der Waals surface area contributed by atoms with E-state index < -0.39 is 5.97 Å². The quantitative estimate of drug-likeness (QED) is 0.602. The van der Waals surface area contributed by atoms with Crippen LogP contribution < -0.4 is 4.74 Å². The van der Waals surface area contributed by atoms with Gasteiger partial charge in [-0.3, -0.25) is 4.79 Å². The van der Waals surface area contributed by atoms with Gasteiger partial charge in [-0.1, -0.05) is 6.07 Å². The number of hydrogen-bond donors (Lipinski definition) is 0. The summed E-state index contributed by atoms with van der Waals surface area (Å²) in [5.74, 6) is 0.152. The van der Waals surface area contributed by atoms with Crippen LogP contribution in [0.4, 0.5) is 0 Å². The molecular formula is C16H16BrNO4. The van der Waals surface area contributed by atoms with Crippen LogP contribution in [0, 0.1) is 0 Å². The van der Waals surface area contributed by atoms with Gasteiger partial charge in [0.15, 0.2) is 5.78 Å². The lowest BCUT2D eigenvalue weighted by Crippen LogP contribution is -2.09. The third-order valence-electron chi connectivity index (χ3n) is 3.21. The van der Waals surface area contributed by atoms with Crippen LogP contribution in [-0.4, -0.2) is 23.4 Å². The van der Waals surface area contributed by atoms with Crippen molar-refractivity contribution in [3.8, 4) is 5.75 Å². The van der Waals surface area contributed by atoms with Gasteiger partial charge in [0.2, 0.25) is 0 Å². The summed E-state index contributed by atoms with van der Waals surface area (Å²) in [5, 5.41) is 0. The zero-order valence-corrected chi connectivity index (χ0v) is 14.1. The van der Waals surface area contributed by atoms with Gasteiger partial charge in [-0.25, -0.2) is 4.79 Å². The maximum Gasteiger partial charge on any atom is 0.355 e. The number of ether oxygens (including phenoxy) is 2. The lowest BCUT2D eigenvalue weighted by atomic mass is 10.2. The lowest BCUT2D eigenvalue weighted by molar-refractivity contribution is 0.0461. The summed E-state index contributed by atoms with van der Waals surface area (Å²) in [5.41, 5.74) is 1.67. The summed E-state index contributed by atoms with van der Waals surface area (Å²) < 4.78 is 12.8. The number of esters is 1. The molecule has 2 rings (SSSR count). The molecule has 0 N–H and O–H groups in total. The fraction of sp³-hybridized carbons (Fsp3) is 0.250. The minimum absolute atomic E-state index is 0.0891. The van der Waals surface area contributed by atoms with Crippen LogP contribution in [0.1, 0.15) is 33.3 Å². The maximum absolute atomic E-state index is 12.1. The van der Waals surface area contributed by atoms with Gasteiger partial charge in [-0.2, -0.15) is 0 Å². The van der Waals surface area contributed by atoms with Crippen molar-refractivity contribution >= 4 is 27.7 Å². The number of benzene rings is 1. The number of halogens is 1. The van der Waals surface area contributed by atoms with Crippen LogP contribution in [0.5, 0.6) is 5.75 Å². The Morgan fingerprint density at radius 3 is 2.55 bits per heavy atom. The standard InChI is InChI=1S/C16H16BrNO4/c1-10(19)12-7-14(18(2)8-12)16(20)22-9-11-4-5-15(21-3)13(17)6-11/h4-8H,9H2,1-3H3. The second-order valence-electron chi connectivity index (χ2n) is 4.83. The van der Waals surface area contributed by atoms with E-state index in [1.165, 1.54) is 13.0 Å². The summed E-state index contributed by atoms with van der Waals surface area (Å²) in [6.45, 7) is 1.60. The van der Waals surface area contributed by atoms with Gasteiger partial charge < -0.3 is 14.0 Å². The highest BCUT2D eigenvalue weighted by Crippen LogP contribution is 2.25. The monoisotopic (exact) mass is 365 g/mol. The molecule has 0 bridgehead atoms. The number of carbonyl (C=O) groups is 2. The summed E-state index contributed by atoms with van der Waals surface area (Å²) >= 11 is 3.38. The first kappa shape index (κ1) is 16.3. The second kappa shape index (κ2) is 6.79. The van der Waals surface area contributed by atoms with Crippen molar-refractivity contribution in [2.75, 3.05) is 7.11 Å². The highest BCUT2D eigenvalue weighted by atomic mass is 79.9. The number of ketones is 1. The van der Waals surface area contributed by atoms with Crippen LogP contribution in [0.15, 0.2) is 34.9 Å². The molecule has 0 saturated heterocycles. The van der Waals surface area contributed by atoms with Gasteiger partial charge in [0.25, 0.3) is 0 Å². The first-order valence-electron chi connectivity index (χ1n) is 6.59. The third kappa shape index (κ3) is 3.57. The molecule has 0 aliphatic carbocycles. The number of nitrogens with zero attached hydrogens (tertiary/aromatic N) is 1. The Labute approximate surface area is 137 Å². The zero-order chi connectivity index (χ0) is 16.3. The Morgan fingerprint density at radius 2 is 2.00 bits per heavy atom. The Bertz CT molecular complexity index is 721. The zero-order valence-electron chi connectivity index (χ0n) is 12.6. The maximum atomic E-state index is 12.1. The van der Waals surface area contributed by atoms with Gasteiger partial charge in [-0.15, -0.1) is 0 Å². The van der Waals surface area contributed by atoms with Crippen molar-refractivity contribution < 1.29 is 19.1 Å². The van der Waals surface area contributed by atoms with Gasteiger partial charge in [0.1, 0.15) is 18.1 Å². The summed E-state index contributed by atoms with van der Waals surface area (Å²) in [6.07, 6.45) is 1.61. The number of methoxy groups -OCH3 is 1. The van der Waals surface area contributed by atoms with Crippen LogP contribution in [0.25, 0.3) is 0 Å². The van der Waals surface area contributed by atoms with E-state index in [-0.39, 0.29) is 12.4 Å². The molecule has 6 heteroatoms. The first-order chi connectivity index (χ1) is 10.4. The molecule has 1 aromatic heterocycles. The number of rotatable bonds is 5. The molecule has 0 aliphatic rings. The van der Waals surface area contributed by atoms with Crippen molar-refractivity contribution in [1.29, 1.82) is 0 Å². The number of hydrogen-bond acceptors (Lipinski definition) is 4. The van der Waals surface area contributed by atoms with E-state index >= 15 is 0 Å². The van der Waals surface area contributed by atoms with Crippen LogP contribution in [0.3, 0.4) is 0 Å². The molecule has 0 unspecified atom stereocenters. The predicted octanol–water partition coefficient (Wildman–Crippen LogP) is 3.36. The molecule has 2 aromatic rings. The van der Waals surface area contributed by atoms with E-state index in [1.807, 2.05) is 12.1 Å². The Morgan fingerprint density at radius 1 is 1.27 bits per heavy atom. The van der Waals surface area contributed by atoms with Crippen molar-refractivity contribution in [3.63, 3.8) is 0 Å². The van der Waals surface area contributed by atoms with Crippen LogP contribution in [-0.2, 0) is 18.4 Å². The van der Waals surface area contributed by atoms with Crippen molar-refractivity contribution in [3.05, 3.63) is 51.8 Å². The number of aryl methyl sites for hydroxylation is 1. The topological polar surface area (TPSA) is 57.5 Å². The Balaban J connectivity index is 2.07.